The second-order valence-corrected chi connectivity index (χ2v) is 8.16. The first kappa shape index (κ1) is 16.4. The van der Waals surface area contributed by atoms with E-state index in [1.807, 2.05) is 35.8 Å². The highest BCUT2D eigenvalue weighted by atomic mass is 35.5. The number of nitrogens with two attached hydrogens (primary N) is 1. The summed E-state index contributed by atoms with van der Waals surface area (Å²) in [5, 5.41) is 15.4. The highest BCUT2D eigenvalue weighted by Gasteiger charge is 2.16. The van der Waals surface area contributed by atoms with Crippen LogP contribution in [0.25, 0.3) is 31.4 Å². The molecule has 132 valence electrons. The van der Waals surface area contributed by atoms with E-state index in [1.54, 1.807) is 22.7 Å². The van der Waals surface area contributed by atoms with Gasteiger partial charge < -0.3 is 11.1 Å². The zero-order valence-electron chi connectivity index (χ0n) is 13.8. The molecule has 0 radical (unpaired) electrons. The van der Waals surface area contributed by atoms with E-state index in [0.717, 1.165) is 37.1 Å². The van der Waals surface area contributed by atoms with Crippen molar-refractivity contribution in [3.05, 3.63) is 58.4 Å². The lowest BCUT2D eigenvalue weighted by atomic mass is 10.1. The molecule has 0 aliphatic heterocycles. The van der Waals surface area contributed by atoms with E-state index in [0.29, 0.717) is 16.7 Å². The number of nitrogens with zero attached hydrogens (tertiary/aromatic N) is 3. The van der Waals surface area contributed by atoms with Gasteiger partial charge >= 0.3 is 0 Å². The van der Waals surface area contributed by atoms with E-state index in [-0.39, 0.29) is 0 Å². The van der Waals surface area contributed by atoms with Gasteiger partial charge in [-0.2, -0.15) is 0 Å². The van der Waals surface area contributed by atoms with E-state index in [4.69, 9.17) is 17.3 Å². The summed E-state index contributed by atoms with van der Waals surface area (Å²) in [4.78, 5) is 4.34. The molecule has 0 spiro atoms. The zero-order valence-corrected chi connectivity index (χ0v) is 16.2. The Morgan fingerprint density at radius 3 is 2.70 bits per heavy atom. The molecule has 0 aliphatic rings. The number of nitrogens with one attached hydrogen (secondary N) is 1. The first-order valence-corrected chi connectivity index (χ1v) is 10.2. The number of hydrogen-bond donors (Lipinski definition) is 2. The molecule has 27 heavy (non-hydrogen) atoms. The molecule has 0 amide bonds. The Morgan fingerprint density at radius 2 is 1.85 bits per heavy atom. The summed E-state index contributed by atoms with van der Waals surface area (Å²) >= 11 is 9.18. The van der Waals surface area contributed by atoms with Gasteiger partial charge in [-0.05, 0) is 42.0 Å². The minimum atomic E-state index is 0.423. The Balaban J connectivity index is 1.63. The van der Waals surface area contributed by atoms with Crippen LogP contribution in [-0.4, -0.2) is 15.2 Å². The Bertz CT molecular complexity index is 1280. The smallest absolute Gasteiger partial charge is 0.171 e. The third-order valence-electron chi connectivity index (χ3n) is 4.27. The molecule has 3 aromatic heterocycles. The summed E-state index contributed by atoms with van der Waals surface area (Å²) in [7, 11) is 0. The van der Waals surface area contributed by atoms with Gasteiger partial charge in [-0.15, -0.1) is 32.9 Å². The summed E-state index contributed by atoms with van der Waals surface area (Å²) in [6, 6.07) is 13.7. The van der Waals surface area contributed by atoms with Gasteiger partial charge in [-0.25, -0.2) is 4.98 Å². The van der Waals surface area contributed by atoms with Gasteiger partial charge in [0.25, 0.3) is 0 Å². The van der Waals surface area contributed by atoms with Crippen molar-refractivity contribution in [1.29, 1.82) is 0 Å². The fourth-order valence-corrected chi connectivity index (χ4v) is 4.84. The maximum absolute atomic E-state index is 6.19. The van der Waals surface area contributed by atoms with Crippen LogP contribution < -0.4 is 11.1 Å². The molecule has 2 aromatic carbocycles. The van der Waals surface area contributed by atoms with Gasteiger partial charge in [0.05, 0.1) is 20.4 Å². The van der Waals surface area contributed by atoms with Gasteiger partial charge in [0, 0.05) is 27.0 Å². The van der Waals surface area contributed by atoms with Crippen molar-refractivity contribution in [2.24, 2.45) is 0 Å². The third kappa shape index (κ3) is 2.90. The summed E-state index contributed by atoms with van der Waals surface area (Å²) in [6.45, 7) is 0. The van der Waals surface area contributed by atoms with Crippen LogP contribution in [0, 0.1) is 0 Å². The fraction of sp³-hybridized carbons (Fsp3) is 0. The predicted octanol–water partition coefficient (Wildman–Crippen LogP) is 5.95. The highest BCUT2D eigenvalue weighted by Crippen LogP contribution is 2.41. The first-order valence-electron chi connectivity index (χ1n) is 8.08. The first-order chi connectivity index (χ1) is 13.2. The summed E-state index contributed by atoms with van der Waals surface area (Å²) in [5.74, 6) is 1.10. The van der Waals surface area contributed by atoms with Gasteiger partial charge in [0.2, 0.25) is 0 Å². The van der Waals surface area contributed by atoms with Crippen molar-refractivity contribution in [1.82, 2.24) is 15.2 Å². The molecular weight excluding hydrogens is 398 g/mol. The zero-order chi connectivity index (χ0) is 18.4. The van der Waals surface area contributed by atoms with Crippen LogP contribution in [0.1, 0.15) is 0 Å². The number of halogens is 1. The quantitative estimate of drug-likeness (QED) is 0.385. The van der Waals surface area contributed by atoms with Crippen LogP contribution in [0.5, 0.6) is 0 Å². The average molecular weight is 410 g/mol. The molecule has 0 unspecified atom stereocenters. The molecule has 0 atom stereocenters. The number of benzene rings is 2. The maximum Gasteiger partial charge on any atom is 0.171 e. The van der Waals surface area contributed by atoms with E-state index < -0.39 is 0 Å². The monoisotopic (exact) mass is 409 g/mol. The van der Waals surface area contributed by atoms with Crippen LogP contribution >= 0.6 is 34.3 Å². The normalized spacial score (nSPS) is 11.3. The third-order valence-corrected chi connectivity index (χ3v) is 6.30. The van der Waals surface area contributed by atoms with Crippen LogP contribution in [0.15, 0.2) is 53.4 Å². The second-order valence-electron chi connectivity index (χ2n) is 5.95. The number of aromatic nitrogens is 3. The lowest BCUT2D eigenvalue weighted by Gasteiger charge is -2.08. The standard InChI is InChI=1S/C19H12ClN5S2/c20-11-2-4-12(5-3-11)23-19-17-16(18(21)24-25-19)13(8-26-17)10-1-6-14-15(7-10)27-9-22-14/h1-9H,(H2,21,24)(H,23,25). The molecular formula is C19H12ClN5S2. The largest absolute Gasteiger partial charge is 0.382 e. The van der Waals surface area contributed by atoms with Crippen molar-refractivity contribution in [3.8, 4) is 11.1 Å². The SMILES string of the molecule is Nc1nnc(Nc2ccc(Cl)cc2)c2scc(-c3ccc4ncsc4c3)c12. The Morgan fingerprint density at radius 1 is 1.00 bits per heavy atom. The van der Waals surface area contributed by atoms with Crippen molar-refractivity contribution in [3.63, 3.8) is 0 Å². The molecule has 5 nitrogen and oxygen atoms in total. The lowest BCUT2D eigenvalue weighted by molar-refractivity contribution is 1.07. The molecule has 0 aliphatic carbocycles. The highest BCUT2D eigenvalue weighted by molar-refractivity contribution is 7.18. The minimum Gasteiger partial charge on any atom is -0.382 e. The second kappa shape index (κ2) is 6.45. The summed E-state index contributed by atoms with van der Waals surface area (Å²) in [5.41, 5.74) is 12.1. The number of rotatable bonds is 3. The molecule has 3 N–H and O–H groups in total. The Kier molecular flexibility index (Phi) is 3.93. The molecule has 5 rings (SSSR count). The molecule has 0 saturated heterocycles. The Labute approximate surface area is 167 Å². The minimum absolute atomic E-state index is 0.423. The van der Waals surface area contributed by atoms with E-state index in [9.17, 15) is 0 Å². The number of hydrogen-bond acceptors (Lipinski definition) is 7. The van der Waals surface area contributed by atoms with Gasteiger partial charge in [-0.3, -0.25) is 0 Å². The van der Waals surface area contributed by atoms with E-state index in [1.165, 1.54) is 0 Å². The molecule has 0 saturated carbocycles. The van der Waals surface area contributed by atoms with Crippen molar-refractivity contribution >= 4 is 71.9 Å². The van der Waals surface area contributed by atoms with Crippen molar-refractivity contribution in [2.75, 3.05) is 11.1 Å². The molecule has 0 fully saturated rings. The van der Waals surface area contributed by atoms with Gasteiger partial charge in [-0.1, -0.05) is 17.7 Å². The summed E-state index contributed by atoms with van der Waals surface area (Å²) < 4.78 is 2.11. The van der Waals surface area contributed by atoms with Crippen LogP contribution in [0.4, 0.5) is 17.3 Å². The topological polar surface area (TPSA) is 76.7 Å². The number of thiophene rings is 1. The fourth-order valence-electron chi connectivity index (χ4n) is 2.97. The number of fused-ring (bicyclic) bond motifs is 2. The molecule has 3 heterocycles. The lowest BCUT2D eigenvalue weighted by Crippen LogP contribution is -2.00. The van der Waals surface area contributed by atoms with Gasteiger partial charge in [0.1, 0.15) is 0 Å². The number of thiazole rings is 1. The van der Waals surface area contributed by atoms with Crippen molar-refractivity contribution in [2.45, 2.75) is 0 Å². The number of nitrogen functional groups attached to an aromatic ring is 1. The van der Waals surface area contributed by atoms with Crippen LogP contribution in [-0.2, 0) is 0 Å². The molecule has 5 aromatic rings. The summed E-state index contributed by atoms with van der Waals surface area (Å²) in [6.07, 6.45) is 0. The number of anilines is 3. The van der Waals surface area contributed by atoms with Crippen molar-refractivity contribution < 1.29 is 0 Å². The van der Waals surface area contributed by atoms with Crippen LogP contribution in [0.3, 0.4) is 0 Å². The Hall–Kier alpha value is -2.74. The molecule has 0 bridgehead atoms. The predicted molar refractivity (Wildman–Crippen MR) is 115 cm³/mol. The average Bonchev–Trinajstić information content (AvgIpc) is 3.32. The maximum atomic E-state index is 6.19. The molecule has 8 heteroatoms. The van der Waals surface area contributed by atoms with Crippen LogP contribution in [0.2, 0.25) is 5.02 Å². The van der Waals surface area contributed by atoms with E-state index >= 15 is 0 Å². The van der Waals surface area contributed by atoms with Gasteiger partial charge in [0.15, 0.2) is 11.6 Å². The van der Waals surface area contributed by atoms with E-state index in [2.05, 4.69) is 38.0 Å².